The first kappa shape index (κ1) is 11.0. The number of rotatable bonds is 6. The lowest BCUT2D eigenvalue weighted by atomic mass is 10.2. The molecule has 0 amide bonds. The van der Waals surface area contributed by atoms with Crippen LogP contribution >= 0.6 is 0 Å². The maximum Gasteiger partial charge on any atom is 0.157 e. The number of hydrogen-bond acceptors (Lipinski definition) is 3. The van der Waals surface area contributed by atoms with Crippen molar-refractivity contribution in [3.8, 4) is 0 Å². The van der Waals surface area contributed by atoms with Gasteiger partial charge in [0, 0.05) is 13.2 Å². The summed E-state index contributed by atoms with van der Waals surface area (Å²) in [6.07, 6.45) is 4.53. The molecule has 1 aliphatic rings. The van der Waals surface area contributed by atoms with Crippen molar-refractivity contribution < 1.29 is 14.2 Å². The summed E-state index contributed by atoms with van der Waals surface area (Å²) in [5.74, 6) is 0. The molecule has 0 spiro atoms. The van der Waals surface area contributed by atoms with E-state index in [1.54, 1.807) is 0 Å². The minimum atomic E-state index is 0.0268. The van der Waals surface area contributed by atoms with Crippen LogP contribution in [0.2, 0.25) is 0 Å². The second kappa shape index (κ2) is 7.30. The highest BCUT2D eigenvalue weighted by Crippen LogP contribution is 2.13. The Hall–Kier alpha value is -0.120. The summed E-state index contributed by atoms with van der Waals surface area (Å²) in [5.41, 5.74) is 0. The first-order valence-corrected chi connectivity index (χ1v) is 5.24. The molecule has 1 unspecified atom stereocenters. The maximum absolute atomic E-state index is 5.48. The molecule has 0 N–H and O–H groups in total. The Morgan fingerprint density at radius 3 is 2.85 bits per heavy atom. The summed E-state index contributed by atoms with van der Waals surface area (Å²) in [5, 5.41) is 0. The van der Waals surface area contributed by atoms with Gasteiger partial charge in [-0.3, -0.25) is 0 Å². The second-order valence-corrected chi connectivity index (χ2v) is 3.28. The van der Waals surface area contributed by atoms with Crippen LogP contribution in [0.15, 0.2) is 0 Å². The van der Waals surface area contributed by atoms with Crippen LogP contribution in [0.25, 0.3) is 0 Å². The molecule has 0 saturated carbocycles. The highest BCUT2D eigenvalue weighted by Gasteiger charge is 2.13. The minimum absolute atomic E-state index is 0.0268. The molecule has 13 heavy (non-hydrogen) atoms. The quantitative estimate of drug-likeness (QED) is 0.596. The zero-order chi connectivity index (χ0) is 9.36. The van der Waals surface area contributed by atoms with Gasteiger partial charge in [-0.05, 0) is 25.7 Å². The number of hydrogen-bond donors (Lipinski definition) is 0. The third-order valence-corrected chi connectivity index (χ3v) is 2.02. The van der Waals surface area contributed by atoms with E-state index >= 15 is 0 Å². The number of ether oxygens (including phenoxy) is 3. The summed E-state index contributed by atoms with van der Waals surface area (Å²) < 4.78 is 16.2. The van der Waals surface area contributed by atoms with Crippen molar-refractivity contribution in [3.05, 3.63) is 0 Å². The van der Waals surface area contributed by atoms with Gasteiger partial charge in [-0.2, -0.15) is 0 Å². The molecule has 3 heteroatoms. The van der Waals surface area contributed by atoms with Crippen LogP contribution in [0.5, 0.6) is 0 Å². The van der Waals surface area contributed by atoms with Crippen LogP contribution in [0, 0.1) is 0 Å². The first-order chi connectivity index (χ1) is 6.43. The molecule has 0 aromatic carbocycles. The van der Waals surface area contributed by atoms with Crippen molar-refractivity contribution in [2.75, 3.05) is 26.4 Å². The van der Waals surface area contributed by atoms with E-state index in [2.05, 4.69) is 6.92 Å². The Balaban J connectivity index is 1.86. The second-order valence-electron chi connectivity index (χ2n) is 3.28. The van der Waals surface area contributed by atoms with Gasteiger partial charge in [0.1, 0.15) is 0 Å². The SMILES string of the molecule is CCCOCCOC1CCCCO1. The zero-order valence-corrected chi connectivity index (χ0v) is 8.46. The Kier molecular flexibility index (Phi) is 6.15. The van der Waals surface area contributed by atoms with Crippen LogP contribution in [-0.4, -0.2) is 32.7 Å². The fraction of sp³-hybridized carbons (Fsp3) is 1.00. The summed E-state index contributed by atoms with van der Waals surface area (Å²) in [6.45, 7) is 5.12. The third kappa shape index (κ3) is 5.24. The van der Waals surface area contributed by atoms with Crippen LogP contribution in [0.4, 0.5) is 0 Å². The van der Waals surface area contributed by atoms with Gasteiger partial charge in [0.25, 0.3) is 0 Å². The van der Waals surface area contributed by atoms with Crippen LogP contribution in [0.1, 0.15) is 32.6 Å². The zero-order valence-electron chi connectivity index (χ0n) is 8.46. The highest BCUT2D eigenvalue weighted by atomic mass is 16.7. The van der Waals surface area contributed by atoms with Crippen molar-refractivity contribution in [3.63, 3.8) is 0 Å². The molecular weight excluding hydrogens is 168 g/mol. The lowest BCUT2D eigenvalue weighted by Gasteiger charge is -2.22. The molecule has 0 radical (unpaired) electrons. The molecule has 1 fully saturated rings. The predicted octanol–water partition coefficient (Wildman–Crippen LogP) is 1.96. The van der Waals surface area contributed by atoms with E-state index in [0.29, 0.717) is 13.2 Å². The Morgan fingerprint density at radius 1 is 1.23 bits per heavy atom. The lowest BCUT2D eigenvalue weighted by molar-refractivity contribution is -0.169. The van der Waals surface area contributed by atoms with Crippen molar-refractivity contribution in [2.45, 2.75) is 38.9 Å². The molecule has 0 bridgehead atoms. The van der Waals surface area contributed by atoms with Crippen LogP contribution in [0.3, 0.4) is 0 Å². The van der Waals surface area contributed by atoms with Crippen LogP contribution < -0.4 is 0 Å². The average molecular weight is 188 g/mol. The smallest absolute Gasteiger partial charge is 0.157 e. The van der Waals surface area contributed by atoms with E-state index < -0.39 is 0 Å². The van der Waals surface area contributed by atoms with E-state index in [-0.39, 0.29) is 6.29 Å². The highest BCUT2D eigenvalue weighted by molar-refractivity contribution is 4.53. The van der Waals surface area contributed by atoms with Crippen molar-refractivity contribution in [1.29, 1.82) is 0 Å². The topological polar surface area (TPSA) is 27.7 Å². The monoisotopic (exact) mass is 188 g/mol. The molecule has 1 aliphatic heterocycles. The van der Waals surface area contributed by atoms with Crippen molar-refractivity contribution >= 4 is 0 Å². The van der Waals surface area contributed by atoms with E-state index in [4.69, 9.17) is 14.2 Å². The Labute approximate surface area is 80.4 Å². The van der Waals surface area contributed by atoms with Crippen molar-refractivity contribution in [2.24, 2.45) is 0 Å². The lowest BCUT2D eigenvalue weighted by Crippen LogP contribution is -2.23. The minimum Gasteiger partial charge on any atom is -0.379 e. The summed E-state index contributed by atoms with van der Waals surface area (Å²) in [6, 6.07) is 0. The largest absolute Gasteiger partial charge is 0.379 e. The molecule has 1 rings (SSSR count). The van der Waals surface area contributed by atoms with Gasteiger partial charge in [0.15, 0.2) is 6.29 Å². The van der Waals surface area contributed by atoms with E-state index in [1.165, 1.54) is 12.8 Å². The van der Waals surface area contributed by atoms with Gasteiger partial charge in [-0.1, -0.05) is 6.92 Å². The Morgan fingerprint density at radius 2 is 2.15 bits per heavy atom. The molecule has 1 heterocycles. The van der Waals surface area contributed by atoms with Crippen molar-refractivity contribution in [1.82, 2.24) is 0 Å². The third-order valence-electron chi connectivity index (χ3n) is 2.02. The van der Waals surface area contributed by atoms with Gasteiger partial charge < -0.3 is 14.2 Å². The predicted molar refractivity (Wildman–Crippen MR) is 50.7 cm³/mol. The van der Waals surface area contributed by atoms with Gasteiger partial charge in [-0.25, -0.2) is 0 Å². The molecule has 78 valence electrons. The Bertz CT molecular complexity index is 111. The van der Waals surface area contributed by atoms with Gasteiger partial charge in [0.2, 0.25) is 0 Å². The van der Waals surface area contributed by atoms with E-state index in [0.717, 1.165) is 26.1 Å². The summed E-state index contributed by atoms with van der Waals surface area (Å²) >= 11 is 0. The normalized spacial score (nSPS) is 23.3. The van der Waals surface area contributed by atoms with Crippen LogP contribution in [-0.2, 0) is 14.2 Å². The average Bonchev–Trinajstić information content (AvgIpc) is 2.19. The first-order valence-electron chi connectivity index (χ1n) is 5.24. The molecule has 0 aromatic rings. The fourth-order valence-electron chi connectivity index (χ4n) is 1.33. The molecule has 1 atom stereocenters. The summed E-state index contributed by atoms with van der Waals surface area (Å²) in [7, 11) is 0. The van der Waals surface area contributed by atoms with Gasteiger partial charge in [0.05, 0.1) is 13.2 Å². The molecule has 0 aromatic heterocycles. The van der Waals surface area contributed by atoms with Gasteiger partial charge in [-0.15, -0.1) is 0 Å². The molecule has 0 aliphatic carbocycles. The maximum atomic E-state index is 5.48. The van der Waals surface area contributed by atoms with Gasteiger partial charge >= 0.3 is 0 Å². The van der Waals surface area contributed by atoms with E-state index in [9.17, 15) is 0 Å². The molecule has 1 saturated heterocycles. The van der Waals surface area contributed by atoms with E-state index in [1.807, 2.05) is 0 Å². The molecule has 3 nitrogen and oxygen atoms in total. The standard InChI is InChI=1S/C10H20O3/c1-2-6-11-8-9-13-10-5-3-4-7-12-10/h10H,2-9H2,1H3. The molecular formula is C10H20O3. The summed E-state index contributed by atoms with van der Waals surface area (Å²) in [4.78, 5) is 0. The fourth-order valence-corrected chi connectivity index (χ4v) is 1.33.